The van der Waals surface area contributed by atoms with Crippen molar-refractivity contribution < 1.29 is 19.8 Å². The minimum absolute atomic E-state index is 0.558. The molecule has 2 aromatic carbocycles. The van der Waals surface area contributed by atoms with Gasteiger partial charge in [-0.2, -0.15) is 0 Å². The van der Waals surface area contributed by atoms with Crippen LogP contribution in [0.2, 0.25) is 0 Å². The van der Waals surface area contributed by atoms with E-state index >= 15 is 0 Å². The number of benzene rings is 2. The standard InChI is InChI=1S/C23H28N2S2.C4H4O4/c1-17(2)16-26-19-8-9-23-20(15-19)21(25-12-10-24(3)11-13-25)14-18-6-4-5-7-22(18)27-23;5-3(6)1-2-4(7)8/h4-9,14-15,17H,10-13,16H2,1-3H3;1-2H,(H,5,6)(H,7,8)/b;2-1+. The fraction of sp³-hybridized carbons (Fsp3) is 0.333. The SMILES string of the molecule is CC(C)CSc1ccc2c(c1)C(N1CCN(C)CC1)=Cc1ccccc1S2.O=C(O)/C=C/C(=O)O. The van der Waals surface area contributed by atoms with Gasteiger partial charge in [0, 0.05) is 70.0 Å². The van der Waals surface area contributed by atoms with Gasteiger partial charge in [-0.05, 0) is 48.9 Å². The lowest BCUT2D eigenvalue weighted by Gasteiger charge is -2.36. The van der Waals surface area contributed by atoms with E-state index in [1.165, 1.54) is 37.3 Å². The van der Waals surface area contributed by atoms with Crippen LogP contribution in [-0.4, -0.2) is 70.9 Å². The van der Waals surface area contributed by atoms with Crippen molar-refractivity contribution in [3.05, 3.63) is 65.7 Å². The first-order valence-electron chi connectivity index (χ1n) is 11.6. The number of likely N-dealkylation sites (N-methyl/N-ethyl adjacent to an activating group) is 1. The Morgan fingerprint density at radius 1 is 1.00 bits per heavy atom. The van der Waals surface area contributed by atoms with Gasteiger partial charge >= 0.3 is 11.9 Å². The third-order valence-corrected chi connectivity index (χ3v) is 8.04. The summed E-state index contributed by atoms with van der Waals surface area (Å²) in [5.41, 5.74) is 4.13. The number of piperazine rings is 1. The average molecular weight is 513 g/mol. The van der Waals surface area contributed by atoms with Crippen LogP contribution in [0.15, 0.2) is 69.3 Å². The molecule has 0 amide bonds. The number of aliphatic carboxylic acids is 2. The number of nitrogens with zero attached hydrogens (tertiary/aromatic N) is 2. The number of carboxylic acids is 2. The molecule has 4 rings (SSSR count). The Morgan fingerprint density at radius 3 is 2.29 bits per heavy atom. The second-order valence-corrected chi connectivity index (χ2v) is 11.0. The molecule has 1 saturated heterocycles. The van der Waals surface area contributed by atoms with Crippen LogP contribution < -0.4 is 0 Å². The number of carboxylic acid groups (broad SMARTS) is 2. The van der Waals surface area contributed by atoms with Crippen LogP contribution in [0.1, 0.15) is 25.0 Å². The zero-order valence-corrected chi connectivity index (χ0v) is 21.9. The van der Waals surface area contributed by atoms with E-state index in [4.69, 9.17) is 10.2 Å². The molecular weight excluding hydrogens is 480 g/mol. The van der Waals surface area contributed by atoms with Gasteiger partial charge in [0.15, 0.2) is 0 Å². The molecule has 2 aliphatic rings. The first-order valence-corrected chi connectivity index (χ1v) is 13.4. The van der Waals surface area contributed by atoms with Crippen LogP contribution in [0.25, 0.3) is 11.8 Å². The van der Waals surface area contributed by atoms with Crippen molar-refractivity contribution in [3.8, 4) is 0 Å². The number of hydrogen-bond acceptors (Lipinski definition) is 6. The summed E-state index contributed by atoms with van der Waals surface area (Å²) < 4.78 is 0. The molecule has 2 aliphatic heterocycles. The quantitative estimate of drug-likeness (QED) is 0.396. The molecule has 186 valence electrons. The maximum absolute atomic E-state index is 9.55. The third-order valence-electron chi connectivity index (χ3n) is 5.45. The number of hydrogen-bond donors (Lipinski definition) is 2. The predicted molar refractivity (Wildman–Crippen MR) is 144 cm³/mol. The Kier molecular flexibility index (Phi) is 9.89. The molecule has 0 spiro atoms. The van der Waals surface area contributed by atoms with Gasteiger partial charge in [0.05, 0.1) is 0 Å². The zero-order valence-electron chi connectivity index (χ0n) is 20.3. The maximum Gasteiger partial charge on any atom is 0.328 e. The Hall–Kier alpha value is -2.68. The summed E-state index contributed by atoms with van der Waals surface area (Å²) in [5.74, 6) is -0.639. The van der Waals surface area contributed by atoms with Crippen molar-refractivity contribution in [3.63, 3.8) is 0 Å². The van der Waals surface area contributed by atoms with Crippen LogP contribution in [0, 0.1) is 5.92 Å². The average Bonchev–Trinajstić information content (AvgIpc) is 2.99. The third kappa shape index (κ3) is 8.19. The topological polar surface area (TPSA) is 81.1 Å². The molecule has 0 atom stereocenters. The first kappa shape index (κ1) is 26.9. The molecule has 0 radical (unpaired) electrons. The summed E-state index contributed by atoms with van der Waals surface area (Å²) in [4.78, 5) is 28.2. The molecule has 0 unspecified atom stereocenters. The number of thioether (sulfide) groups is 1. The molecule has 6 nitrogen and oxygen atoms in total. The summed E-state index contributed by atoms with van der Waals surface area (Å²) >= 11 is 3.88. The molecule has 2 heterocycles. The van der Waals surface area contributed by atoms with E-state index in [2.05, 4.69) is 79.2 Å². The first-order chi connectivity index (χ1) is 16.7. The highest BCUT2D eigenvalue weighted by molar-refractivity contribution is 7.99. The van der Waals surface area contributed by atoms with Gasteiger partial charge in [0.2, 0.25) is 0 Å². The highest BCUT2D eigenvalue weighted by Gasteiger charge is 2.23. The van der Waals surface area contributed by atoms with Gasteiger partial charge in [-0.25, -0.2) is 9.59 Å². The lowest BCUT2D eigenvalue weighted by Crippen LogP contribution is -2.43. The van der Waals surface area contributed by atoms with E-state index in [1.54, 1.807) is 0 Å². The Morgan fingerprint density at radius 2 is 1.66 bits per heavy atom. The summed E-state index contributed by atoms with van der Waals surface area (Å²) in [6, 6.07) is 15.8. The van der Waals surface area contributed by atoms with E-state index < -0.39 is 11.9 Å². The number of carbonyl (C=O) groups is 2. The normalized spacial score (nSPS) is 15.5. The maximum atomic E-state index is 9.55. The highest BCUT2D eigenvalue weighted by Crippen LogP contribution is 2.43. The molecule has 35 heavy (non-hydrogen) atoms. The summed E-state index contributed by atoms with van der Waals surface area (Å²) in [5, 5.41) is 15.6. The molecular formula is C27H32N2O4S2. The molecule has 1 fully saturated rings. The molecule has 2 N–H and O–H groups in total. The van der Waals surface area contributed by atoms with Crippen LogP contribution in [0.5, 0.6) is 0 Å². The van der Waals surface area contributed by atoms with E-state index in [-0.39, 0.29) is 0 Å². The van der Waals surface area contributed by atoms with Gasteiger partial charge in [-0.15, -0.1) is 11.8 Å². The molecule has 0 saturated carbocycles. The second-order valence-electron chi connectivity index (χ2n) is 8.83. The van der Waals surface area contributed by atoms with Gasteiger partial charge in [0.1, 0.15) is 0 Å². The van der Waals surface area contributed by atoms with Gasteiger partial charge in [-0.3, -0.25) is 0 Å². The van der Waals surface area contributed by atoms with Crippen molar-refractivity contribution in [2.75, 3.05) is 39.0 Å². The highest BCUT2D eigenvalue weighted by atomic mass is 32.2. The molecule has 0 aromatic heterocycles. The monoisotopic (exact) mass is 512 g/mol. The van der Waals surface area contributed by atoms with Crippen molar-refractivity contribution in [2.45, 2.75) is 28.5 Å². The zero-order chi connectivity index (χ0) is 25.4. The summed E-state index contributed by atoms with van der Waals surface area (Å²) in [7, 11) is 2.22. The fourth-order valence-corrected chi connectivity index (χ4v) is 5.57. The molecule has 2 aromatic rings. The molecule has 8 heteroatoms. The lowest BCUT2D eigenvalue weighted by atomic mass is 10.1. The van der Waals surface area contributed by atoms with E-state index in [0.717, 1.165) is 26.2 Å². The second kappa shape index (κ2) is 12.9. The van der Waals surface area contributed by atoms with E-state index in [9.17, 15) is 9.59 Å². The molecule has 0 aliphatic carbocycles. The fourth-order valence-electron chi connectivity index (χ4n) is 3.64. The minimum Gasteiger partial charge on any atom is -0.478 e. The smallest absolute Gasteiger partial charge is 0.328 e. The van der Waals surface area contributed by atoms with Crippen LogP contribution in [0.3, 0.4) is 0 Å². The van der Waals surface area contributed by atoms with Gasteiger partial charge in [0.25, 0.3) is 0 Å². The van der Waals surface area contributed by atoms with Gasteiger partial charge in [-0.1, -0.05) is 43.8 Å². The largest absolute Gasteiger partial charge is 0.478 e. The van der Waals surface area contributed by atoms with Crippen LogP contribution in [-0.2, 0) is 9.59 Å². The van der Waals surface area contributed by atoms with Crippen molar-refractivity contribution in [2.24, 2.45) is 5.92 Å². The van der Waals surface area contributed by atoms with Crippen molar-refractivity contribution in [1.82, 2.24) is 9.80 Å². The van der Waals surface area contributed by atoms with E-state index in [1.807, 2.05) is 23.5 Å². The van der Waals surface area contributed by atoms with Crippen molar-refractivity contribution in [1.29, 1.82) is 0 Å². The Labute approximate surface area is 215 Å². The Bertz CT molecular complexity index is 1090. The van der Waals surface area contributed by atoms with E-state index in [0.29, 0.717) is 18.1 Å². The summed E-state index contributed by atoms with van der Waals surface area (Å²) in [6.07, 6.45) is 3.53. The number of fused-ring (bicyclic) bond motifs is 2. The van der Waals surface area contributed by atoms with Crippen LogP contribution >= 0.6 is 23.5 Å². The predicted octanol–water partition coefficient (Wildman–Crippen LogP) is 5.36. The van der Waals surface area contributed by atoms with Crippen molar-refractivity contribution >= 4 is 47.2 Å². The van der Waals surface area contributed by atoms with Crippen LogP contribution in [0.4, 0.5) is 0 Å². The Balaban J connectivity index is 0.000000371. The van der Waals surface area contributed by atoms with Gasteiger partial charge < -0.3 is 20.0 Å². The summed E-state index contributed by atoms with van der Waals surface area (Å²) in [6.45, 7) is 9.03. The lowest BCUT2D eigenvalue weighted by molar-refractivity contribution is -0.134. The minimum atomic E-state index is -1.26. The number of rotatable bonds is 6. The molecule has 0 bridgehead atoms.